The normalized spacial score (nSPS) is 52.9. The van der Waals surface area contributed by atoms with Crippen molar-refractivity contribution in [2.45, 2.75) is 36.6 Å². The van der Waals surface area contributed by atoms with Crippen LogP contribution in [0.25, 0.3) is 0 Å². The molecular weight excluding hydrogens is 216 g/mol. The van der Waals surface area contributed by atoms with E-state index in [0.717, 1.165) is 0 Å². The van der Waals surface area contributed by atoms with E-state index in [9.17, 15) is 10.2 Å². The molecule has 3 aliphatic rings. The Balaban J connectivity index is 1.64. The summed E-state index contributed by atoms with van der Waals surface area (Å²) < 4.78 is 22.1. The third-order valence-electron chi connectivity index (χ3n) is 3.28. The first-order chi connectivity index (χ1) is 7.62. The van der Waals surface area contributed by atoms with Crippen LogP contribution in [0.1, 0.15) is 12.8 Å². The lowest BCUT2D eigenvalue weighted by molar-refractivity contribution is -0.365. The Kier molecular flexibility index (Phi) is 2.47. The molecule has 3 rings (SSSR count). The predicted molar refractivity (Wildman–Crippen MR) is 50.5 cm³/mol. The molecule has 0 amide bonds. The average Bonchev–Trinajstić information content (AvgIpc) is 2.79. The number of aliphatic hydroxyl groups excluding tert-OH is 2. The summed E-state index contributed by atoms with van der Waals surface area (Å²) in [5.74, 6) is -1.64. The van der Waals surface area contributed by atoms with Crippen LogP contribution in [0.3, 0.4) is 0 Å². The zero-order valence-electron chi connectivity index (χ0n) is 8.92. The van der Waals surface area contributed by atoms with Crippen LogP contribution in [-0.4, -0.2) is 60.4 Å². The first-order valence-electron chi connectivity index (χ1n) is 5.53. The fourth-order valence-electron chi connectivity index (χ4n) is 2.42. The number of ether oxygens (including phenoxy) is 4. The van der Waals surface area contributed by atoms with Crippen LogP contribution < -0.4 is 0 Å². The second-order valence-electron chi connectivity index (χ2n) is 4.74. The first-order valence-corrected chi connectivity index (χ1v) is 5.53. The minimum Gasteiger partial charge on any atom is -0.391 e. The second-order valence-corrected chi connectivity index (χ2v) is 4.74. The highest BCUT2D eigenvalue weighted by atomic mass is 16.8. The summed E-state index contributed by atoms with van der Waals surface area (Å²) in [6.07, 6.45) is -0.141. The molecule has 0 unspecified atom stereocenters. The van der Waals surface area contributed by atoms with Gasteiger partial charge in [-0.3, -0.25) is 0 Å². The van der Waals surface area contributed by atoms with E-state index in [4.69, 9.17) is 18.9 Å². The Morgan fingerprint density at radius 2 is 1.19 bits per heavy atom. The zero-order valence-corrected chi connectivity index (χ0v) is 8.92. The van der Waals surface area contributed by atoms with E-state index < -0.39 is 23.8 Å². The van der Waals surface area contributed by atoms with Gasteiger partial charge >= 0.3 is 0 Å². The Hall–Kier alpha value is -0.240. The van der Waals surface area contributed by atoms with Crippen molar-refractivity contribution in [1.29, 1.82) is 0 Å². The van der Waals surface area contributed by atoms with E-state index in [1.54, 1.807) is 0 Å². The van der Waals surface area contributed by atoms with E-state index in [1.807, 2.05) is 0 Å². The van der Waals surface area contributed by atoms with Gasteiger partial charge in [-0.2, -0.15) is 0 Å². The minimum atomic E-state index is -0.818. The molecule has 2 N–H and O–H groups in total. The molecule has 6 nitrogen and oxygen atoms in total. The molecule has 3 fully saturated rings. The summed E-state index contributed by atoms with van der Waals surface area (Å²) in [7, 11) is 0. The van der Waals surface area contributed by atoms with E-state index in [2.05, 4.69) is 0 Å². The third-order valence-corrected chi connectivity index (χ3v) is 3.28. The predicted octanol–water partition coefficient (Wildman–Crippen LogP) is -1.01. The summed E-state index contributed by atoms with van der Waals surface area (Å²) in [6.45, 7) is 1.02. The molecule has 0 radical (unpaired) electrons. The fraction of sp³-hybridized carbons (Fsp3) is 1.00. The van der Waals surface area contributed by atoms with Crippen molar-refractivity contribution in [3.8, 4) is 0 Å². The number of rotatable bonds is 0. The van der Waals surface area contributed by atoms with Gasteiger partial charge in [0, 0.05) is 12.8 Å². The lowest BCUT2D eigenvalue weighted by Gasteiger charge is -2.41. The second kappa shape index (κ2) is 3.63. The largest absolute Gasteiger partial charge is 0.391 e. The van der Waals surface area contributed by atoms with Crippen LogP contribution in [-0.2, 0) is 18.9 Å². The molecular formula is C10H16O6. The molecule has 6 heteroatoms. The van der Waals surface area contributed by atoms with E-state index >= 15 is 0 Å². The van der Waals surface area contributed by atoms with Gasteiger partial charge in [-0.1, -0.05) is 0 Å². The van der Waals surface area contributed by atoms with Crippen LogP contribution in [0.15, 0.2) is 0 Å². The van der Waals surface area contributed by atoms with Crippen molar-refractivity contribution in [3.63, 3.8) is 0 Å². The van der Waals surface area contributed by atoms with Gasteiger partial charge in [0.1, 0.15) is 13.2 Å². The standard InChI is InChI=1S/C10H16O6/c11-7-1-9(13-3-7)5-16-10(6-15-9)2-8(12)4-14-10/h7-8,11-12H,1-6H2/t7-,8-,9+,10+/m0/s1. The Morgan fingerprint density at radius 1 is 0.750 bits per heavy atom. The van der Waals surface area contributed by atoms with Crippen molar-refractivity contribution in [1.82, 2.24) is 0 Å². The quantitative estimate of drug-likeness (QED) is 0.557. The number of hydrogen-bond donors (Lipinski definition) is 2. The van der Waals surface area contributed by atoms with Gasteiger partial charge < -0.3 is 29.2 Å². The molecule has 4 atom stereocenters. The first kappa shape index (κ1) is 10.9. The molecule has 3 aliphatic heterocycles. The summed E-state index contributed by atoms with van der Waals surface area (Å²) in [5.41, 5.74) is 0. The van der Waals surface area contributed by atoms with Crippen molar-refractivity contribution in [2.75, 3.05) is 26.4 Å². The highest BCUT2D eigenvalue weighted by molar-refractivity contribution is 4.90. The molecule has 92 valence electrons. The van der Waals surface area contributed by atoms with Gasteiger partial charge in [-0.15, -0.1) is 0 Å². The van der Waals surface area contributed by atoms with E-state index in [0.29, 0.717) is 12.8 Å². The highest BCUT2D eigenvalue weighted by Crippen LogP contribution is 2.38. The van der Waals surface area contributed by atoms with Crippen molar-refractivity contribution in [2.24, 2.45) is 0 Å². The molecule has 0 saturated carbocycles. The van der Waals surface area contributed by atoms with Gasteiger partial charge in [0.15, 0.2) is 11.6 Å². The van der Waals surface area contributed by atoms with Gasteiger partial charge in [0.25, 0.3) is 0 Å². The van der Waals surface area contributed by atoms with Crippen LogP contribution >= 0.6 is 0 Å². The van der Waals surface area contributed by atoms with Crippen molar-refractivity contribution in [3.05, 3.63) is 0 Å². The third kappa shape index (κ3) is 1.75. The SMILES string of the molecule is O[C@@H]1CO[C@]2(CO[C@@]3(CO2)C[C@H](O)CO3)C1. The molecule has 0 aromatic carbocycles. The maximum atomic E-state index is 9.41. The lowest BCUT2D eigenvalue weighted by atomic mass is 10.1. The Bertz CT molecular complexity index is 244. The van der Waals surface area contributed by atoms with Gasteiger partial charge in [-0.25, -0.2) is 0 Å². The highest BCUT2D eigenvalue weighted by Gasteiger charge is 2.52. The molecule has 0 bridgehead atoms. The average molecular weight is 232 g/mol. The monoisotopic (exact) mass is 232 g/mol. The summed E-state index contributed by atoms with van der Waals surface area (Å²) in [5, 5.41) is 18.8. The van der Waals surface area contributed by atoms with Crippen LogP contribution in [0.4, 0.5) is 0 Å². The smallest absolute Gasteiger partial charge is 0.194 e. The van der Waals surface area contributed by atoms with Crippen LogP contribution in [0.5, 0.6) is 0 Å². The molecule has 0 aliphatic carbocycles. The Labute approximate surface area is 93.0 Å². The molecule has 0 aromatic heterocycles. The molecule has 3 heterocycles. The molecule has 3 saturated heterocycles. The van der Waals surface area contributed by atoms with Crippen LogP contribution in [0.2, 0.25) is 0 Å². The maximum Gasteiger partial charge on any atom is 0.194 e. The van der Waals surface area contributed by atoms with E-state index in [1.165, 1.54) is 0 Å². The lowest BCUT2D eigenvalue weighted by Crippen LogP contribution is -2.53. The fourth-order valence-corrected chi connectivity index (χ4v) is 2.42. The summed E-state index contributed by atoms with van der Waals surface area (Å²) >= 11 is 0. The Morgan fingerprint density at radius 3 is 1.44 bits per heavy atom. The topological polar surface area (TPSA) is 77.4 Å². The van der Waals surface area contributed by atoms with Crippen molar-refractivity contribution < 1.29 is 29.2 Å². The summed E-state index contributed by atoms with van der Waals surface area (Å²) in [6, 6.07) is 0. The van der Waals surface area contributed by atoms with Gasteiger partial charge in [0.2, 0.25) is 0 Å². The molecule has 0 aromatic rings. The molecule has 16 heavy (non-hydrogen) atoms. The van der Waals surface area contributed by atoms with Gasteiger partial charge in [0.05, 0.1) is 25.4 Å². The number of hydrogen-bond acceptors (Lipinski definition) is 6. The number of aliphatic hydroxyl groups is 2. The van der Waals surface area contributed by atoms with Gasteiger partial charge in [-0.05, 0) is 0 Å². The van der Waals surface area contributed by atoms with Crippen LogP contribution in [0, 0.1) is 0 Å². The minimum absolute atomic E-state index is 0.233. The molecule has 2 spiro atoms. The van der Waals surface area contributed by atoms with Crippen molar-refractivity contribution >= 4 is 0 Å². The maximum absolute atomic E-state index is 9.41. The van der Waals surface area contributed by atoms with E-state index in [-0.39, 0.29) is 26.4 Å². The zero-order chi connectivity index (χ0) is 11.2. The summed E-state index contributed by atoms with van der Waals surface area (Å²) in [4.78, 5) is 0.